The highest BCUT2D eigenvalue weighted by atomic mass is 32.1. The van der Waals surface area contributed by atoms with Crippen molar-refractivity contribution in [1.29, 1.82) is 0 Å². The zero-order valence-corrected chi connectivity index (χ0v) is 22.2. The molecular formula is C30H34FN3OS. The minimum Gasteiger partial charge on any atom is -0.494 e. The molecule has 0 N–H and O–H groups in total. The van der Waals surface area contributed by atoms with Crippen LogP contribution in [0.15, 0.2) is 77.0 Å². The van der Waals surface area contributed by atoms with Crippen molar-refractivity contribution >= 4 is 38.5 Å². The predicted octanol–water partition coefficient (Wildman–Crippen LogP) is 9.93. The largest absolute Gasteiger partial charge is 0.494 e. The first kappa shape index (κ1) is 25.8. The van der Waals surface area contributed by atoms with Crippen LogP contribution >= 0.6 is 11.3 Å². The summed E-state index contributed by atoms with van der Waals surface area (Å²) in [6.07, 6.45) is 7.49. The molecule has 0 saturated heterocycles. The first-order valence-corrected chi connectivity index (χ1v) is 13.5. The van der Waals surface area contributed by atoms with Gasteiger partial charge >= 0.3 is 0 Å². The number of nitrogens with zero attached hydrogens (tertiary/aromatic N) is 3. The molecule has 0 bridgehead atoms. The molecule has 0 aliphatic carbocycles. The molecule has 0 amide bonds. The van der Waals surface area contributed by atoms with Gasteiger partial charge in [0, 0.05) is 29.4 Å². The van der Waals surface area contributed by atoms with Gasteiger partial charge in [-0.3, -0.25) is 0 Å². The highest BCUT2D eigenvalue weighted by Gasteiger charge is 2.09. The summed E-state index contributed by atoms with van der Waals surface area (Å²) in [5, 5.41) is 9.44. The number of benzene rings is 3. The average Bonchev–Trinajstić information content (AvgIpc) is 3.31. The van der Waals surface area contributed by atoms with Crippen LogP contribution in [-0.2, 0) is 0 Å². The van der Waals surface area contributed by atoms with Crippen molar-refractivity contribution in [3.8, 4) is 16.2 Å². The molecule has 3 aromatic carbocycles. The second kappa shape index (κ2) is 12.6. The molecule has 0 atom stereocenters. The van der Waals surface area contributed by atoms with E-state index in [0.29, 0.717) is 5.69 Å². The number of hydrogen-bond donors (Lipinski definition) is 0. The Morgan fingerprint density at radius 2 is 1.61 bits per heavy atom. The monoisotopic (exact) mass is 503 g/mol. The Hall–Kier alpha value is -3.25. The number of ether oxygens (including phenoxy) is 1. The van der Waals surface area contributed by atoms with Gasteiger partial charge in [-0.15, -0.1) is 16.5 Å². The highest BCUT2D eigenvalue weighted by Crippen LogP contribution is 2.37. The molecule has 0 fully saturated rings. The fourth-order valence-corrected chi connectivity index (χ4v) is 5.07. The average molecular weight is 504 g/mol. The lowest BCUT2D eigenvalue weighted by Gasteiger charge is -2.11. The fourth-order valence-electron chi connectivity index (χ4n) is 3.99. The Morgan fingerprint density at radius 1 is 0.833 bits per heavy atom. The van der Waals surface area contributed by atoms with Gasteiger partial charge in [-0.1, -0.05) is 45.1 Å². The Labute approximate surface area is 217 Å². The minimum absolute atomic E-state index is 0.224. The molecule has 4 nitrogen and oxygen atoms in total. The van der Waals surface area contributed by atoms with Crippen LogP contribution in [0.5, 0.6) is 5.75 Å². The van der Waals surface area contributed by atoms with Crippen LogP contribution in [-0.4, -0.2) is 20.7 Å². The quantitative estimate of drug-likeness (QED) is 0.142. The molecule has 0 unspecified atom stereocenters. The first-order valence-electron chi connectivity index (χ1n) is 12.7. The summed E-state index contributed by atoms with van der Waals surface area (Å²) in [5.41, 5.74) is 2.81. The number of thiophene rings is 1. The molecule has 1 heterocycles. The van der Waals surface area contributed by atoms with E-state index < -0.39 is 0 Å². The van der Waals surface area contributed by atoms with Gasteiger partial charge in [0.15, 0.2) is 5.82 Å². The zero-order chi connectivity index (χ0) is 25.3. The number of hydrogen-bond acceptors (Lipinski definition) is 5. The maximum atomic E-state index is 14.8. The summed E-state index contributed by atoms with van der Waals surface area (Å²) < 4.78 is 21.9. The highest BCUT2D eigenvalue weighted by molar-refractivity contribution is 7.22. The van der Waals surface area contributed by atoms with Crippen LogP contribution in [0.2, 0.25) is 0 Å². The van der Waals surface area contributed by atoms with E-state index in [1.54, 1.807) is 17.4 Å². The van der Waals surface area contributed by atoms with Gasteiger partial charge in [0.2, 0.25) is 0 Å². The van der Waals surface area contributed by atoms with E-state index in [9.17, 15) is 4.39 Å². The van der Waals surface area contributed by atoms with Crippen LogP contribution in [0.25, 0.3) is 20.5 Å². The van der Waals surface area contributed by atoms with Crippen LogP contribution in [0.1, 0.15) is 45.4 Å². The molecule has 0 aliphatic rings. The third kappa shape index (κ3) is 6.91. The van der Waals surface area contributed by atoms with E-state index in [1.165, 1.54) is 38.2 Å². The Balaban J connectivity index is 1.39. The van der Waals surface area contributed by atoms with Crippen molar-refractivity contribution in [2.45, 2.75) is 45.4 Å². The smallest absolute Gasteiger partial charge is 0.151 e. The summed E-state index contributed by atoms with van der Waals surface area (Å²) in [7, 11) is 3.96. The maximum Gasteiger partial charge on any atom is 0.151 e. The second-order valence-corrected chi connectivity index (χ2v) is 10.3. The number of unbranched alkanes of at least 4 members (excludes halogenated alkanes) is 5. The van der Waals surface area contributed by atoms with E-state index in [1.807, 2.05) is 55.4 Å². The Morgan fingerprint density at radius 3 is 2.36 bits per heavy atom. The van der Waals surface area contributed by atoms with Gasteiger partial charge < -0.3 is 9.64 Å². The van der Waals surface area contributed by atoms with Crippen LogP contribution in [0, 0.1) is 5.82 Å². The molecule has 4 rings (SSSR count). The van der Waals surface area contributed by atoms with E-state index in [4.69, 9.17) is 4.74 Å². The molecule has 36 heavy (non-hydrogen) atoms. The van der Waals surface area contributed by atoms with Gasteiger partial charge in [0.25, 0.3) is 0 Å². The zero-order valence-electron chi connectivity index (χ0n) is 21.3. The molecule has 0 spiro atoms. The second-order valence-electron chi connectivity index (χ2n) is 9.20. The summed E-state index contributed by atoms with van der Waals surface area (Å²) in [6, 6.07) is 21.0. The molecule has 188 valence electrons. The molecule has 0 saturated carbocycles. The molecule has 6 heteroatoms. The van der Waals surface area contributed by atoms with Crippen LogP contribution < -0.4 is 9.64 Å². The topological polar surface area (TPSA) is 37.2 Å². The van der Waals surface area contributed by atoms with E-state index in [2.05, 4.69) is 35.4 Å². The molecule has 4 aromatic rings. The van der Waals surface area contributed by atoms with Crippen molar-refractivity contribution in [1.82, 2.24) is 0 Å². The molecule has 0 aliphatic heterocycles. The SMILES string of the molecule is CCCCCCCCOc1ccc2cc(-c3ccc(/N=N/c4ccc(N(C)C)cc4)c(F)c3)sc2c1. The summed E-state index contributed by atoms with van der Waals surface area (Å²) in [4.78, 5) is 3.03. The summed E-state index contributed by atoms with van der Waals surface area (Å²) in [5.74, 6) is 0.506. The van der Waals surface area contributed by atoms with Crippen molar-refractivity contribution in [3.63, 3.8) is 0 Å². The van der Waals surface area contributed by atoms with Gasteiger partial charge in [0.05, 0.1) is 12.3 Å². The lowest BCUT2D eigenvalue weighted by molar-refractivity contribution is 0.305. The summed E-state index contributed by atoms with van der Waals surface area (Å²) >= 11 is 1.64. The number of azo groups is 1. The standard InChI is InChI=1S/C30H34FN3OS/c1-4-5-6-7-8-9-18-35-26-16-10-23-20-29(36-30(23)21-26)22-11-17-28(27(31)19-22)33-32-24-12-14-25(15-13-24)34(2)3/h10-17,19-21H,4-9,18H2,1-3H3/b33-32+. The van der Waals surface area contributed by atoms with Crippen LogP contribution in [0.4, 0.5) is 21.5 Å². The number of halogens is 1. The van der Waals surface area contributed by atoms with Crippen molar-refractivity contribution in [3.05, 3.63) is 72.5 Å². The normalized spacial score (nSPS) is 11.4. The summed E-state index contributed by atoms with van der Waals surface area (Å²) in [6.45, 7) is 2.98. The van der Waals surface area contributed by atoms with Gasteiger partial charge in [-0.05, 0) is 78.0 Å². The Bertz CT molecular complexity index is 1300. The third-order valence-electron chi connectivity index (χ3n) is 6.13. The van der Waals surface area contributed by atoms with Crippen molar-refractivity contribution < 1.29 is 9.13 Å². The lowest BCUT2D eigenvalue weighted by Crippen LogP contribution is -2.07. The first-order chi connectivity index (χ1) is 17.5. The van der Waals surface area contributed by atoms with E-state index in [-0.39, 0.29) is 11.5 Å². The lowest BCUT2D eigenvalue weighted by atomic mass is 10.1. The van der Waals surface area contributed by atoms with Crippen molar-refractivity contribution in [2.24, 2.45) is 10.2 Å². The Kier molecular flexibility index (Phi) is 9.06. The number of rotatable bonds is 12. The molecule has 0 radical (unpaired) electrons. The fraction of sp³-hybridized carbons (Fsp3) is 0.333. The van der Waals surface area contributed by atoms with E-state index in [0.717, 1.165) is 45.0 Å². The van der Waals surface area contributed by atoms with Gasteiger partial charge in [-0.2, -0.15) is 5.11 Å². The van der Waals surface area contributed by atoms with E-state index >= 15 is 0 Å². The minimum atomic E-state index is -0.387. The van der Waals surface area contributed by atoms with Gasteiger partial charge in [0.1, 0.15) is 11.4 Å². The number of fused-ring (bicyclic) bond motifs is 1. The predicted molar refractivity (Wildman–Crippen MR) is 151 cm³/mol. The maximum absolute atomic E-state index is 14.8. The number of anilines is 1. The third-order valence-corrected chi connectivity index (χ3v) is 7.28. The van der Waals surface area contributed by atoms with Gasteiger partial charge in [-0.25, -0.2) is 4.39 Å². The molecule has 1 aromatic heterocycles. The molecular weight excluding hydrogens is 469 g/mol. The van der Waals surface area contributed by atoms with Crippen molar-refractivity contribution in [2.75, 3.05) is 25.6 Å². The van der Waals surface area contributed by atoms with Crippen LogP contribution in [0.3, 0.4) is 0 Å².